The van der Waals surface area contributed by atoms with Crippen LogP contribution in [0.5, 0.6) is 5.75 Å². The van der Waals surface area contributed by atoms with Crippen molar-refractivity contribution in [3.63, 3.8) is 0 Å². The molecule has 0 saturated heterocycles. The summed E-state index contributed by atoms with van der Waals surface area (Å²) >= 11 is 5.22. The molecule has 1 aromatic carbocycles. The fraction of sp³-hybridized carbons (Fsp3) is 0.231. The van der Waals surface area contributed by atoms with E-state index in [1.165, 1.54) is 0 Å². The second kappa shape index (κ2) is 5.71. The summed E-state index contributed by atoms with van der Waals surface area (Å²) in [6, 6.07) is 7.59. The van der Waals surface area contributed by atoms with E-state index in [9.17, 15) is 0 Å². The Morgan fingerprint density at radius 3 is 2.68 bits per heavy atom. The summed E-state index contributed by atoms with van der Waals surface area (Å²) in [5.74, 6) is 2.02. The van der Waals surface area contributed by atoms with E-state index in [4.69, 9.17) is 21.5 Å². The number of aromatic nitrogens is 1. The van der Waals surface area contributed by atoms with Gasteiger partial charge in [0, 0.05) is 6.07 Å². The highest BCUT2D eigenvalue weighted by atomic mass is 32.1. The van der Waals surface area contributed by atoms with Gasteiger partial charge in [-0.3, -0.25) is 0 Å². The first-order valence-electron chi connectivity index (χ1n) is 5.74. The third-order valence-corrected chi connectivity index (χ3v) is 2.68. The van der Waals surface area contributed by atoms with Crippen molar-refractivity contribution in [2.45, 2.75) is 13.8 Å². The molecule has 0 spiro atoms. The number of benzene rings is 1. The van der Waals surface area contributed by atoms with E-state index in [-0.39, 0.29) is 0 Å². The Kier molecular flexibility index (Phi) is 4.01. The monoisotopic (exact) mass is 277 g/mol. The van der Waals surface area contributed by atoms with Gasteiger partial charge in [-0.25, -0.2) is 0 Å². The Morgan fingerprint density at radius 1 is 1.26 bits per heavy atom. The van der Waals surface area contributed by atoms with Gasteiger partial charge in [-0.05, 0) is 43.8 Å². The van der Waals surface area contributed by atoms with E-state index in [0.29, 0.717) is 10.9 Å². The molecule has 100 valence electrons. The highest BCUT2D eigenvalue weighted by Crippen LogP contribution is 2.25. The molecular weight excluding hydrogens is 262 g/mol. The Hall–Kier alpha value is -2.08. The van der Waals surface area contributed by atoms with Crippen molar-refractivity contribution in [2.75, 3.05) is 17.7 Å². The zero-order chi connectivity index (χ0) is 13.8. The molecule has 2 rings (SSSR count). The zero-order valence-corrected chi connectivity index (χ0v) is 11.8. The van der Waals surface area contributed by atoms with Crippen LogP contribution < -0.4 is 15.4 Å². The van der Waals surface area contributed by atoms with Gasteiger partial charge in [0.1, 0.15) is 11.5 Å². The number of ether oxygens (including phenoxy) is 1. The first-order chi connectivity index (χ1) is 9.08. The van der Waals surface area contributed by atoms with Crippen LogP contribution in [-0.4, -0.2) is 17.4 Å². The second-order valence-corrected chi connectivity index (χ2v) is 4.51. The fourth-order valence-electron chi connectivity index (χ4n) is 1.61. The maximum atomic E-state index is 5.27. The molecule has 0 aliphatic carbocycles. The van der Waals surface area contributed by atoms with Crippen molar-refractivity contribution >= 4 is 28.8 Å². The molecule has 19 heavy (non-hydrogen) atoms. The van der Waals surface area contributed by atoms with Gasteiger partial charge in [0.15, 0.2) is 10.9 Å². The fourth-order valence-corrected chi connectivity index (χ4v) is 1.83. The van der Waals surface area contributed by atoms with Crippen LogP contribution in [0.4, 0.5) is 11.5 Å². The molecule has 0 unspecified atom stereocenters. The molecule has 5 nitrogen and oxygen atoms in total. The number of hydrogen-bond donors (Lipinski definition) is 2. The van der Waals surface area contributed by atoms with Gasteiger partial charge in [-0.1, -0.05) is 11.2 Å². The number of nitrogens with one attached hydrogen (secondary N) is 2. The van der Waals surface area contributed by atoms with Crippen molar-refractivity contribution in [3.8, 4) is 5.75 Å². The first kappa shape index (κ1) is 13.4. The highest BCUT2D eigenvalue weighted by molar-refractivity contribution is 7.80. The summed E-state index contributed by atoms with van der Waals surface area (Å²) in [5, 5.41) is 10.3. The van der Waals surface area contributed by atoms with Crippen LogP contribution in [-0.2, 0) is 0 Å². The molecule has 0 amide bonds. The molecule has 6 heteroatoms. The third kappa shape index (κ3) is 3.45. The molecule has 0 bridgehead atoms. The van der Waals surface area contributed by atoms with Gasteiger partial charge < -0.3 is 19.9 Å². The predicted octanol–water partition coefficient (Wildman–Crippen LogP) is 3.11. The Morgan fingerprint density at radius 2 is 2.05 bits per heavy atom. The van der Waals surface area contributed by atoms with Crippen LogP contribution in [0.2, 0.25) is 0 Å². The summed E-state index contributed by atoms with van der Waals surface area (Å²) in [7, 11) is 1.62. The molecule has 0 aliphatic rings. The number of aryl methyl sites for hydroxylation is 2. The van der Waals surface area contributed by atoms with Gasteiger partial charge in [0.05, 0.1) is 12.8 Å². The number of anilines is 2. The second-order valence-electron chi connectivity index (χ2n) is 4.11. The quantitative estimate of drug-likeness (QED) is 0.841. The minimum absolute atomic E-state index is 0.428. The van der Waals surface area contributed by atoms with Crippen LogP contribution in [0.25, 0.3) is 0 Å². The zero-order valence-electron chi connectivity index (χ0n) is 11.0. The molecular formula is C13H15N3O2S. The van der Waals surface area contributed by atoms with Crippen molar-refractivity contribution in [2.24, 2.45) is 0 Å². The van der Waals surface area contributed by atoms with E-state index in [1.807, 2.05) is 32.0 Å². The van der Waals surface area contributed by atoms with E-state index in [0.717, 1.165) is 22.8 Å². The first-order valence-corrected chi connectivity index (χ1v) is 6.15. The minimum atomic E-state index is 0.428. The van der Waals surface area contributed by atoms with Crippen LogP contribution >= 0.6 is 12.2 Å². The lowest BCUT2D eigenvalue weighted by Gasteiger charge is -2.12. The summed E-state index contributed by atoms with van der Waals surface area (Å²) in [4.78, 5) is 0. The van der Waals surface area contributed by atoms with Crippen LogP contribution in [0.1, 0.15) is 11.3 Å². The van der Waals surface area contributed by atoms with Crippen molar-refractivity contribution in [1.29, 1.82) is 0 Å². The molecule has 0 atom stereocenters. The summed E-state index contributed by atoms with van der Waals surface area (Å²) in [6.07, 6.45) is 0. The summed E-state index contributed by atoms with van der Waals surface area (Å²) in [6.45, 7) is 3.82. The number of thiocarbonyl (C=S) groups is 1. The van der Waals surface area contributed by atoms with E-state index >= 15 is 0 Å². The Bertz CT molecular complexity index is 595. The molecule has 0 saturated carbocycles. The normalized spacial score (nSPS) is 10.1. The van der Waals surface area contributed by atoms with E-state index in [1.54, 1.807) is 13.2 Å². The van der Waals surface area contributed by atoms with Gasteiger partial charge in [-0.2, -0.15) is 0 Å². The summed E-state index contributed by atoms with van der Waals surface area (Å²) < 4.78 is 10.2. The van der Waals surface area contributed by atoms with Crippen molar-refractivity contribution in [3.05, 3.63) is 35.6 Å². The third-order valence-electron chi connectivity index (χ3n) is 2.47. The SMILES string of the molecule is COc1ccc(C)cc1NC(=S)Nc1cc(C)on1. The average molecular weight is 277 g/mol. The van der Waals surface area contributed by atoms with Gasteiger partial charge >= 0.3 is 0 Å². The van der Waals surface area contributed by atoms with Crippen LogP contribution in [0.15, 0.2) is 28.8 Å². The van der Waals surface area contributed by atoms with Crippen LogP contribution in [0.3, 0.4) is 0 Å². The van der Waals surface area contributed by atoms with E-state index in [2.05, 4.69) is 15.8 Å². The topological polar surface area (TPSA) is 59.3 Å². The van der Waals surface area contributed by atoms with E-state index < -0.39 is 0 Å². The lowest BCUT2D eigenvalue weighted by atomic mass is 10.2. The van der Waals surface area contributed by atoms with Gasteiger partial charge in [-0.15, -0.1) is 0 Å². The maximum Gasteiger partial charge on any atom is 0.176 e. The Labute approximate surface area is 116 Å². The number of hydrogen-bond acceptors (Lipinski definition) is 4. The van der Waals surface area contributed by atoms with Gasteiger partial charge in [0.25, 0.3) is 0 Å². The number of rotatable bonds is 3. The predicted molar refractivity (Wildman–Crippen MR) is 78.8 cm³/mol. The standard InChI is InChI=1S/C13H15N3O2S/c1-8-4-5-11(17-3)10(6-8)14-13(19)15-12-7-9(2)18-16-12/h4-7H,1-3H3,(H2,14,15,16,19). The average Bonchev–Trinajstić information content (AvgIpc) is 2.75. The largest absolute Gasteiger partial charge is 0.495 e. The van der Waals surface area contributed by atoms with Crippen molar-refractivity contribution in [1.82, 2.24) is 5.16 Å². The van der Waals surface area contributed by atoms with Gasteiger partial charge in [0.2, 0.25) is 0 Å². The Balaban J connectivity index is 2.08. The number of methoxy groups -OCH3 is 1. The molecule has 2 N–H and O–H groups in total. The maximum absolute atomic E-state index is 5.27. The minimum Gasteiger partial charge on any atom is -0.495 e. The smallest absolute Gasteiger partial charge is 0.176 e. The molecule has 0 fully saturated rings. The molecule has 0 radical (unpaired) electrons. The molecule has 0 aliphatic heterocycles. The molecule has 2 aromatic rings. The highest BCUT2D eigenvalue weighted by Gasteiger charge is 2.07. The van der Waals surface area contributed by atoms with Crippen molar-refractivity contribution < 1.29 is 9.26 Å². The number of nitrogens with zero attached hydrogens (tertiary/aromatic N) is 1. The van der Waals surface area contributed by atoms with Crippen LogP contribution in [0, 0.1) is 13.8 Å². The lowest BCUT2D eigenvalue weighted by molar-refractivity contribution is 0.400. The molecule has 1 heterocycles. The lowest BCUT2D eigenvalue weighted by Crippen LogP contribution is -2.19. The molecule has 1 aromatic heterocycles. The summed E-state index contributed by atoms with van der Waals surface area (Å²) in [5.41, 5.74) is 1.92.